The molecule has 0 radical (unpaired) electrons. The molecule has 0 unspecified atom stereocenters. The van der Waals surface area contributed by atoms with Gasteiger partial charge in [0.05, 0.1) is 0 Å². The Balaban J connectivity index is 2.37. The molecule has 0 atom stereocenters. The molecular weight excluding hydrogens is 244 g/mol. The largest absolute Gasteiger partial charge is 0.192 e. The van der Waals surface area contributed by atoms with Gasteiger partial charge in [-0.2, -0.15) is 10.5 Å². The van der Waals surface area contributed by atoms with Crippen molar-refractivity contribution < 1.29 is 0 Å². The summed E-state index contributed by atoms with van der Waals surface area (Å²) in [5.74, 6) is 0. The molecule has 0 saturated carbocycles. The predicted molar refractivity (Wildman–Crippen MR) is 80.5 cm³/mol. The van der Waals surface area contributed by atoms with Gasteiger partial charge in [0, 0.05) is 0 Å². The second-order valence-electron chi connectivity index (χ2n) is 4.46. The lowest BCUT2D eigenvalue weighted by Gasteiger charge is -2.04. The molecule has 0 amide bonds. The molecular formula is C18H14N2. The van der Waals surface area contributed by atoms with Gasteiger partial charge in [0.25, 0.3) is 0 Å². The van der Waals surface area contributed by atoms with Gasteiger partial charge in [-0.05, 0) is 40.8 Å². The Morgan fingerprint density at radius 2 is 1.70 bits per heavy atom. The highest BCUT2D eigenvalue weighted by atomic mass is 14.3. The van der Waals surface area contributed by atoms with Crippen LogP contribution in [0.4, 0.5) is 0 Å². The first kappa shape index (κ1) is 13.6. The molecule has 0 heterocycles. The number of hydrogen-bond acceptors (Lipinski definition) is 2. The Bertz CT molecular complexity index is 694. The third kappa shape index (κ3) is 3.13. The van der Waals surface area contributed by atoms with Crippen molar-refractivity contribution in [3.05, 3.63) is 65.2 Å². The maximum absolute atomic E-state index is 8.79. The number of allylic oxidation sites excluding steroid dienone is 1. The summed E-state index contributed by atoms with van der Waals surface area (Å²) in [5.41, 5.74) is 4.49. The molecule has 0 fully saturated rings. The number of nitrogens with zero attached hydrogens (tertiary/aromatic N) is 2. The van der Waals surface area contributed by atoms with Crippen LogP contribution in [-0.4, -0.2) is 0 Å². The molecule has 2 aromatic carbocycles. The van der Waals surface area contributed by atoms with Gasteiger partial charge in [-0.3, -0.25) is 0 Å². The van der Waals surface area contributed by atoms with Gasteiger partial charge < -0.3 is 0 Å². The van der Waals surface area contributed by atoms with Crippen LogP contribution < -0.4 is 0 Å². The summed E-state index contributed by atoms with van der Waals surface area (Å²) in [6, 6.07) is 20.0. The van der Waals surface area contributed by atoms with E-state index >= 15 is 0 Å². The predicted octanol–water partition coefficient (Wildman–Crippen LogP) is 4.35. The van der Waals surface area contributed by atoms with E-state index in [-0.39, 0.29) is 5.57 Å². The average molecular weight is 258 g/mol. The van der Waals surface area contributed by atoms with Gasteiger partial charge in [0.2, 0.25) is 0 Å². The Kier molecular flexibility index (Phi) is 4.32. The highest BCUT2D eigenvalue weighted by molar-refractivity contribution is 5.70. The first-order valence-corrected chi connectivity index (χ1v) is 6.48. The molecule has 0 aromatic heterocycles. The molecule has 96 valence electrons. The van der Waals surface area contributed by atoms with Crippen LogP contribution in [0.25, 0.3) is 17.2 Å². The van der Waals surface area contributed by atoms with Crippen LogP contribution in [0.1, 0.15) is 18.1 Å². The van der Waals surface area contributed by atoms with Gasteiger partial charge in [0.15, 0.2) is 0 Å². The van der Waals surface area contributed by atoms with Crippen molar-refractivity contribution in [2.75, 3.05) is 0 Å². The monoisotopic (exact) mass is 258 g/mol. The quantitative estimate of drug-likeness (QED) is 0.768. The Morgan fingerprint density at radius 3 is 2.30 bits per heavy atom. The van der Waals surface area contributed by atoms with Crippen LogP contribution in [0.15, 0.2) is 54.1 Å². The minimum Gasteiger partial charge on any atom is -0.192 e. The summed E-state index contributed by atoms with van der Waals surface area (Å²) < 4.78 is 0. The number of hydrogen-bond donors (Lipinski definition) is 0. The minimum absolute atomic E-state index is 0.114. The van der Waals surface area contributed by atoms with Gasteiger partial charge >= 0.3 is 0 Å². The molecule has 0 aliphatic rings. The van der Waals surface area contributed by atoms with Crippen LogP contribution in [0.5, 0.6) is 0 Å². The van der Waals surface area contributed by atoms with Crippen molar-refractivity contribution in [2.24, 2.45) is 0 Å². The summed E-state index contributed by atoms with van der Waals surface area (Å²) in [5, 5.41) is 17.6. The van der Waals surface area contributed by atoms with Gasteiger partial charge in [0.1, 0.15) is 17.7 Å². The van der Waals surface area contributed by atoms with E-state index in [1.807, 2.05) is 36.4 Å². The summed E-state index contributed by atoms with van der Waals surface area (Å²) in [4.78, 5) is 0. The lowest BCUT2D eigenvalue weighted by Crippen LogP contribution is -1.83. The normalized spacial score (nSPS) is 9.35. The van der Waals surface area contributed by atoms with Crippen LogP contribution in [-0.2, 0) is 6.42 Å². The molecule has 0 saturated heterocycles. The van der Waals surface area contributed by atoms with Crippen molar-refractivity contribution in [1.29, 1.82) is 10.5 Å². The van der Waals surface area contributed by atoms with E-state index in [0.717, 1.165) is 23.1 Å². The highest BCUT2D eigenvalue weighted by Gasteiger charge is 2.00. The SMILES string of the molecule is CCc1ccc(-c2cccc(C=C(C#N)C#N)c2)cc1. The zero-order valence-corrected chi connectivity index (χ0v) is 11.3. The minimum atomic E-state index is 0.114. The van der Waals surface area contributed by atoms with E-state index < -0.39 is 0 Å². The number of rotatable bonds is 3. The van der Waals surface area contributed by atoms with Gasteiger partial charge in [-0.1, -0.05) is 49.4 Å². The molecule has 0 bridgehead atoms. The second-order valence-corrected chi connectivity index (χ2v) is 4.46. The number of aryl methyl sites for hydroxylation is 1. The maximum Gasteiger partial charge on any atom is 0.130 e. The highest BCUT2D eigenvalue weighted by Crippen LogP contribution is 2.22. The second kappa shape index (κ2) is 6.36. The molecule has 0 aliphatic carbocycles. The fourth-order valence-corrected chi connectivity index (χ4v) is 2.00. The van der Waals surface area contributed by atoms with Crippen molar-refractivity contribution >= 4 is 6.08 Å². The average Bonchev–Trinajstić information content (AvgIpc) is 2.53. The summed E-state index contributed by atoms with van der Waals surface area (Å²) in [6.07, 6.45) is 2.63. The van der Waals surface area contributed by atoms with Crippen LogP contribution in [0, 0.1) is 22.7 Å². The molecule has 2 nitrogen and oxygen atoms in total. The van der Waals surface area contributed by atoms with Crippen molar-refractivity contribution in [3.8, 4) is 23.3 Å². The van der Waals surface area contributed by atoms with Gasteiger partial charge in [-0.15, -0.1) is 0 Å². The van der Waals surface area contributed by atoms with E-state index in [4.69, 9.17) is 10.5 Å². The Morgan fingerprint density at radius 1 is 1.00 bits per heavy atom. The maximum atomic E-state index is 8.79. The Labute approximate surface area is 119 Å². The van der Waals surface area contributed by atoms with Crippen molar-refractivity contribution in [2.45, 2.75) is 13.3 Å². The molecule has 2 aromatic rings. The molecule has 0 N–H and O–H groups in total. The smallest absolute Gasteiger partial charge is 0.130 e. The molecule has 20 heavy (non-hydrogen) atoms. The third-order valence-electron chi connectivity index (χ3n) is 3.13. The van der Waals surface area contributed by atoms with Crippen molar-refractivity contribution in [3.63, 3.8) is 0 Å². The van der Waals surface area contributed by atoms with Crippen molar-refractivity contribution in [1.82, 2.24) is 0 Å². The topological polar surface area (TPSA) is 47.6 Å². The van der Waals surface area contributed by atoms with E-state index in [9.17, 15) is 0 Å². The van der Waals surface area contributed by atoms with Gasteiger partial charge in [-0.25, -0.2) is 0 Å². The third-order valence-corrected chi connectivity index (χ3v) is 3.13. The zero-order valence-electron chi connectivity index (χ0n) is 11.3. The Hall–Kier alpha value is -2.84. The van der Waals surface area contributed by atoms with E-state index in [1.165, 1.54) is 5.56 Å². The van der Waals surface area contributed by atoms with Crippen LogP contribution in [0.2, 0.25) is 0 Å². The van der Waals surface area contributed by atoms with E-state index in [1.54, 1.807) is 6.08 Å². The lowest BCUT2D eigenvalue weighted by molar-refractivity contribution is 1.14. The molecule has 2 rings (SSSR count). The lowest BCUT2D eigenvalue weighted by atomic mass is 10.0. The first-order chi connectivity index (χ1) is 9.76. The van der Waals surface area contributed by atoms with Crippen LogP contribution >= 0.6 is 0 Å². The van der Waals surface area contributed by atoms with Crippen LogP contribution in [0.3, 0.4) is 0 Å². The first-order valence-electron chi connectivity index (χ1n) is 6.48. The zero-order chi connectivity index (χ0) is 14.4. The standard InChI is InChI=1S/C18H14N2/c1-2-14-6-8-17(9-7-14)18-5-3-4-15(11-18)10-16(12-19)13-20/h3-11H,2H2,1H3. The summed E-state index contributed by atoms with van der Waals surface area (Å²) in [7, 11) is 0. The molecule has 2 heteroatoms. The number of benzene rings is 2. The fraction of sp³-hybridized carbons (Fsp3) is 0.111. The summed E-state index contributed by atoms with van der Waals surface area (Å²) in [6.45, 7) is 2.13. The number of nitriles is 2. The van der Waals surface area contributed by atoms with E-state index in [2.05, 4.69) is 31.2 Å². The molecule has 0 spiro atoms. The fourth-order valence-electron chi connectivity index (χ4n) is 2.00. The van der Waals surface area contributed by atoms with E-state index in [0.29, 0.717) is 0 Å². The summed E-state index contributed by atoms with van der Waals surface area (Å²) >= 11 is 0. The molecule has 0 aliphatic heterocycles.